The van der Waals surface area contributed by atoms with Crippen molar-refractivity contribution in [1.29, 1.82) is 5.26 Å². The minimum absolute atomic E-state index is 0.0359. The zero-order chi connectivity index (χ0) is 14.7. The lowest BCUT2D eigenvalue weighted by molar-refractivity contribution is -0.385. The molecule has 2 aromatic rings. The van der Waals surface area contributed by atoms with Crippen LogP contribution < -0.4 is 0 Å². The largest absolute Gasteiger partial charge is 0.292 e. The fraction of sp³-hybridized carbons (Fsp3) is 0.143. The summed E-state index contributed by atoms with van der Waals surface area (Å²) in [6.07, 6.45) is 0. The Morgan fingerprint density at radius 1 is 1.45 bits per heavy atom. The first-order valence-electron chi connectivity index (χ1n) is 5.77. The van der Waals surface area contributed by atoms with E-state index in [2.05, 4.69) is 0 Å². The summed E-state index contributed by atoms with van der Waals surface area (Å²) in [4.78, 5) is 23.3. The summed E-state index contributed by atoms with van der Waals surface area (Å²) in [6, 6.07) is 9.64. The van der Waals surface area contributed by atoms with Gasteiger partial charge in [0.25, 0.3) is 5.69 Å². The summed E-state index contributed by atoms with van der Waals surface area (Å²) in [5, 5.41) is 21.7. The van der Waals surface area contributed by atoms with Crippen molar-refractivity contribution in [3.05, 3.63) is 61.8 Å². The van der Waals surface area contributed by atoms with Gasteiger partial charge in [0.15, 0.2) is 5.78 Å². The van der Waals surface area contributed by atoms with Gasteiger partial charge in [0.05, 0.1) is 11.0 Å². The van der Waals surface area contributed by atoms with Crippen LogP contribution in [0.3, 0.4) is 0 Å². The second kappa shape index (κ2) is 5.63. The molecule has 5 nitrogen and oxygen atoms in total. The highest BCUT2D eigenvalue weighted by Gasteiger charge is 2.24. The minimum Gasteiger partial charge on any atom is -0.292 e. The molecule has 1 aromatic carbocycles. The first kappa shape index (κ1) is 13.9. The van der Waals surface area contributed by atoms with Crippen molar-refractivity contribution < 1.29 is 9.72 Å². The van der Waals surface area contributed by atoms with Gasteiger partial charge in [0, 0.05) is 22.1 Å². The molecular weight excluding hydrogens is 276 g/mol. The molecule has 0 saturated heterocycles. The van der Waals surface area contributed by atoms with E-state index in [-0.39, 0.29) is 11.5 Å². The molecule has 0 aliphatic rings. The lowest BCUT2D eigenvalue weighted by Gasteiger charge is -2.07. The Hall–Kier alpha value is -2.52. The smallest absolute Gasteiger partial charge is 0.272 e. The number of nitro benzene ring substituents is 1. The number of thiophene rings is 1. The Kier molecular flexibility index (Phi) is 3.91. The molecule has 0 N–H and O–H groups in total. The Morgan fingerprint density at radius 3 is 2.70 bits per heavy atom. The van der Waals surface area contributed by atoms with Crippen molar-refractivity contribution in [2.24, 2.45) is 0 Å². The third-order valence-electron chi connectivity index (χ3n) is 2.90. The average Bonchev–Trinajstić information content (AvgIpc) is 2.92. The number of hydrogen-bond acceptors (Lipinski definition) is 5. The van der Waals surface area contributed by atoms with Crippen molar-refractivity contribution in [3.63, 3.8) is 0 Å². The summed E-state index contributed by atoms with van der Waals surface area (Å²) in [7, 11) is 0. The van der Waals surface area contributed by atoms with Crippen LogP contribution in [-0.4, -0.2) is 10.7 Å². The standard InChI is InChI=1S/C14H10N2O3S/c1-9-7-10(4-5-12(9)16(18)19)14(17)11(8-15)13-3-2-6-20-13/h2-7,11H,1H3. The molecular formula is C14H10N2O3S. The molecule has 100 valence electrons. The molecule has 1 unspecified atom stereocenters. The number of hydrogen-bond donors (Lipinski definition) is 0. The molecule has 6 heteroatoms. The van der Waals surface area contributed by atoms with Gasteiger partial charge in [-0.25, -0.2) is 0 Å². The maximum absolute atomic E-state index is 12.3. The Balaban J connectivity index is 2.37. The molecule has 0 saturated carbocycles. The van der Waals surface area contributed by atoms with E-state index in [1.54, 1.807) is 24.4 Å². The lowest BCUT2D eigenvalue weighted by Crippen LogP contribution is -2.10. The summed E-state index contributed by atoms with van der Waals surface area (Å²) in [5.74, 6) is -1.20. The van der Waals surface area contributed by atoms with Crippen LogP contribution in [-0.2, 0) is 0 Å². The van der Waals surface area contributed by atoms with Crippen molar-refractivity contribution >= 4 is 22.8 Å². The molecule has 0 amide bonds. The van der Waals surface area contributed by atoms with E-state index < -0.39 is 10.8 Å². The highest BCUT2D eigenvalue weighted by atomic mass is 32.1. The normalized spacial score (nSPS) is 11.6. The van der Waals surface area contributed by atoms with Crippen LogP contribution in [0.4, 0.5) is 5.69 Å². The van der Waals surface area contributed by atoms with Crippen LogP contribution >= 0.6 is 11.3 Å². The Bertz CT molecular complexity index is 702. The van der Waals surface area contributed by atoms with Gasteiger partial charge < -0.3 is 0 Å². The monoisotopic (exact) mass is 286 g/mol. The van der Waals surface area contributed by atoms with Crippen LogP contribution in [0.1, 0.15) is 26.7 Å². The summed E-state index contributed by atoms with van der Waals surface area (Å²) >= 11 is 1.34. The molecule has 0 aliphatic heterocycles. The molecule has 0 bridgehead atoms. The number of benzene rings is 1. The van der Waals surface area contributed by atoms with Gasteiger partial charge in [0.2, 0.25) is 0 Å². The third-order valence-corrected chi connectivity index (χ3v) is 3.83. The number of nitro groups is 1. The molecule has 0 radical (unpaired) electrons. The van der Waals surface area contributed by atoms with Crippen LogP contribution in [0.25, 0.3) is 0 Å². The molecule has 1 aromatic heterocycles. The topological polar surface area (TPSA) is 84.0 Å². The molecule has 0 fully saturated rings. The number of rotatable bonds is 4. The first-order valence-corrected chi connectivity index (χ1v) is 6.65. The maximum atomic E-state index is 12.3. The predicted molar refractivity (Wildman–Crippen MR) is 74.8 cm³/mol. The van der Waals surface area contributed by atoms with Gasteiger partial charge in [-0.2, -0.15) is 5.26 Å². The molecule has 1 heterocycles. The Labute approximate surface area is 119 Å². The fourth-order valence-electron chi connectivity index (χ4n) is 1.89. The van der Waals surface area contributed by atoms with Crippen molar-refractivity contribution in [2.45, 2.75) is 12.8 Å². The summed E-state index contributed by atoms with van der Waals surface area (Å²) in [6.45, 7) is 1.57. The number of carbonyl (C=O) groups is 1. The number of carbonyl (C=O) groups excluding carboxylic acids is 1. The van der Waals surface area contributed by atoms with E-state index in [0.717, 1.165) is 0 Å². The highest BCUT2D eigenvalue weighted by molar-refractivity contribution is 7.10. The molecule has 0 aliphatic carbocycles. The molecule has 1 atom stereocenters. The number of ketones is 1. The quantitative estimate of drug-likeness (QED) is 0.489. The number of nitriles is 1. The number of aryl methyl sites for hydroxylation is 1. The molecule has 2 rings (SSSR count). The highest BCUT2D eigenvalue weighted by Crippen LogP contribution is 2.26. The van der Waals surface area contributed by atoms with E-state index in [4.69, 9.17) is 5.26 Å². The number of Topliss-reactive ketones (excluding diaryl/α,β-unsaturated/α-hetero) is 1. The van der Waals surface area contributed by atoms with E-state index in [0.29, 0.717) is 16.0 Å². The van der Waals surface area contributed by atoms with E-state index in [9.17, 15) is 14.9 Å². The van der Waals surface area contributed by atoms with Crippen LogP contribution in [0.2, 0.25) is 0 Å². The van der Waals surface area contributed by atoms with Gasteiger partial charge in [-0.3, -0.25) is 14.9 Å². The third kappa shape index (κ3) is 2.58. The molecule has 0 spiro atoms. The summed E-state index contributed by atoms with van der Waals surface area (Å²) < 4.78 is 0. The van der Waals surface area contributed by atoms with Gasteiger partial charge in [-0.15, -0.1) is 11.3 Å². The maximum Gasteiger partial charge on any atom is 0.272 e. The first-order chi connectivity index (χ1) is 9.54. The van der Waals surface area contributed by atoms with Gasteiger partial charge in [0.1, 0.15) is 5.92 Å². The average molecular weight is 286 g/mol. The lowest BCUT2D eigenvalue weighted by atomic mass is 9.96. The Morgan fingerprint density at radius 2 is 2.20 bits per heavy atom. The van der Waals surface area contributed by atoms with E-state index in [1.807, 2.05) is 6.07 Å². The predicted octanol–water partition coefficient (Wildman–Crippen LogP) is 3.45. The zero-order valence-electron chi connectivity index (χ0n) is 10.6. The van der Waals surface area contributed by atoms with Crippen molar-refractivity contribution in [2.75, 3.05) is 0 Å². The second-order valence-electron chi connectivity index (χ2n) is 4.20. The fourth-order valence-corrected chi connectivity index (χ4v) is 2.65. The van der Waals surface area contributed by atoms with Crippen LogP contribution in [0.15, 0.2) is 35.7 Å². The SMILES string of the molecule is Cc1cc(C(=O)C(C#N)c2cccs2)ccc1[N+](=O)[O-]. The summed E-state index contributed by atoms with van der Waals surface area (Å²) in [5.41, 5.74) is 0.683. The van der Waals surface area contributed by atoms with Crippen LogP contribution in [0, 0.1) is 28.4 Å². The zero-order valence-corrected chi connectivity index (χ0v) is 11.4. The van der Waals surface area contributed by atoms with Crippen molar-refractivity contribution in [1.82, 2.24) is 0 Å². The number of nitrogens with zero attached hydrogens (tertiary/aromatic N) is 2. The van der Waals surface area contributed by atoms with E-state index >= 15 is 0 Å². The minimum atomic E-state index is -0.865. The van der Waals surface area contributed by atoms with E-state index in [1.165, 1.54) is 29.5 Å². The van der Waals surface area contributed by atoms with Gasteiger partial charge in [-0.1, -0.05) is 6.07 Å². The van der Waals surface area contributed by atoms with Crippen LogP contribution in [0.5, 0.6) is 0 Å². The van der Waals surface area contributed by atoms with Gasteiger partial charge >= 0.3 is 0 Å². The van der Waals surface area contributed by atoms with Gasteiger partial charge in [-0.05, 0) is 30.5 Å². The molecule has 20 heavy (non-hydrogen) atoms. The van der Waals surface area contributed by atoms with Crippen molar-refractivity contribution in [3.8, 4) is 6.07 Å². The second-order valence-corrected chi connectivity index (χ2v) is 5.18.